The van der Waals surface area contributed by atoms with Crippen molar-refractivity contribution in [3.63, 3.8) is 0 Å². The van der Waals surface area contributed by atoms with Crippen LogP contribution in [0.15, 0.2) is 59.9 Å². The van der Waals surface area contributed by atoms with Gasteiger partial charge >= 0.3 is 0 Å². The molecular formula is C26H31N5O2. The molecule has 1 aliphatic heterocycles. The number of nitrogens with one attached hydrogen (secondary N) is 1. The minimum Gasteiger partial charge on any atom is -0.354 e. The van der Waals surface area contributed by atoms with Crippen LogP contribution in [0.3, 0.4) is 0 Å². The molecule has 2 aromatic rings. The molecule has 0 spiro atoms. The Hall–Kier alpha value is -3.63. The Kier molecular flexibility index (Phi) is 7.52. The van der Waals surface area contributed by atoms with Crippen molar-refractivity contribution in [2.24, 2.45) is 0 Å². The first kappa shape index (κ1) is 24.0. The van der Waals surface area contributed by atoms with E-state index in [1.807, 2.05) is 69.2 Å². The summed E-state index contributed by atoms with van der Waals surface area (Å²) in [6.45, 7) is 2.48. The number of ketones is 1. The number of para-hydroxylation sites is 2. The quantitative estimate of drug-likeness (QED) is 0.496. The topological polar surface area (TPSA) is 79.7 Å². The molecule has 1 N–H and O–H groups in total. The molecule has 0 aliphatic carbocycles. The summed E-state index contributed by atoms with van der Waals surface area (Å²) in [6, 6.07) is 18.1. The molecule has 0 saturated carbocycles. The SMILES string of the molecule is Cc1ccc(C(CNC(=O)CCC(=O)C(C#N)=C2N(C)c3ccccc3N2C)N(C)C)cc1. The normalized spacial score (nSPS) is 13.5. The number of rotatable bonds is 8. The summed E-state index contributed by atoms with van der Waals surface area (Å²) in [5, 5.41) is 12.7. The molecule has 0 radical (unpaired) electrons. The third-order valence-electron chi connectivity index (χ3n) is 6.01. The lowest BCUT2D eigenvalue weighted by Crippen LogP contribution is -2.34. The fraction of sp³-hybridized carbons (Fsp3) is 0.346. The Morgan fingerprint density at radius 3 is 2.09 bits per heavy atom. The molecule has 3 rings (SSSR count). The molecule has 1 atom stereocenters. The Balaban J connectivity index is 1.63. The van der Waals surface area contributed by atoms with E-state index in [9.17, 15) is 14.9 Å². The second kappa shape index (κ2) is 10.3. The van der Waals surface area contributed by atoms with E-state index in [4.69, 9.17) is 0 Å². The van der Waals surface area contributed by atoms with E-state index in [0.717, 1.165) is 16.9 Å². The molecule has 172 valence electrons. The zero-order chi connectivity index (χ0) is 24.1. The standard InChI is InChI=1S/C26H31N5O2/c1-18-10-12-19(13-11-18)23(29(2)3)17-28-25(33)15-14-24(32)20(16-27)26-30(4)21-8-6-7-9-22(21)31(26)5/h6-13,23H,14-15,17H2,1-5H3,(H,28,33). The van der Waals surface area contributed by atoms with Gasteiger partial charge in [0.25, 0.3) is 0 Å². The minimum absolute atomic E-state index is 0.0204. The lowest BCUT2D eigenvalue weighted by molar-refractivity contribution is -0.124. The van der Waals surface area contributed by atoms with Gasteiger partial charge in [0.15, 0.2) is 5.78 Å². The molecule has 33 heavy (non-hydrogen) atoms. The van der Waals surface area contributed by atoms with Gasteiger partial charge in [0.2, 0.25) is 5.91 Å². The highest BCUT2D eigenvalue weighted by molar-refractivity contribution is 6.03. The van der Waals surface area contributed by atoms with Crippen LogP contribution in [0.4, 0.5) is 11.4 Å². The molecule has 0 aromatic heterocycles. The average molecular weight is 446 g/mol. The molecule has 1 aliphatic rings. The Labute approximate surface area is 195 Å². The highest BCUT2D eigenvalue weighted by atomic mass is 16.2. The summed E-state index contributed by atoms with van der Waals surface area (Å²) >= 11 is 0. The zero-order valence-electron chi connectivity index (χ0n) is 19.9. The predicted octanol–water partition coefficient (Wildman–Crippen LogP) is 3.38. The Bertz CT molecular complexity index is 1070. The lowest BCUT2D eigenvalue weighted by atomic mass is 10.0. The van der Waals surface area contributed by atoms with E-state index in [0.29, 0.717) is 12.4 Å². The Morgan fingerprint density at radius 2 is 1.58 bits per heavy atom. The number of nitriles is 1. The number of allylic oxidation sites excluding steroid dienone is 1. The van der Waals surface area contributed by atoms with E-state index >= 15 is 0 Å². The number of Topliss-reactive ketones (excluding diaryl/α,β-unsaturated/α-hetero) is 1. The van der Waals surface area contributed by atoms with Gasteiger partial charge in [0.05, 0.1) is 17.4 Å². The number of likely N-dealkylation sites (N-methyl/N-ethyl adjacent to an activating group) is 1. The summed E-state index contributed by atoms with van der Waals surface area (Å²) in [5.74, 6) is -0.00554. The van der Waals surface area contributed by atoms with Crippen LogP contribution in [0.1, 0.15) is 30.0 Å². The van der Waals surface area contributed by atoms with Gasteiger partial charge < -0.3 is 20.0 Å². The maximum Gasteiger partial charge on any atom is 0.220 e. The molecule has 1 heterocycles. The number of nitrogens with zero attached hydrogens (tertiary/aromatic N) is 4. The summed E-state index contributed by atoms with van der Waals surface area (Å²) < 4.78 is 0. The van der Waals surface area contributed by atoms with Gasteiger partial charge in [-0.2, -0.15) is 5.26 Å². The molecule has 0 saturated heterocycles. The maximum atomic E-state index is 12.9. The predicted molar refractivity (Wildman–Crippen MR) is 131 cm³/mol. The van der Waals surface area contributed by atoms with Crippen LogP contribution in [0.2, 0.25) is 0 Å². The number of hydrogen-bond donors (Lipinski definition) is 1. The molecule has 0 fully saturated rings. The Morgan fingerprint density at radius 1 is 1.00 bits per heavy atom. The number of carbonyl (C=O) groups excluding carboxylic acids is 2. The van der Waals surface area contributed by atoms with Gasteiger partial charge in [-0.15, -0.1) is 0 Å². The van der Waals surface area contributed by atoms with Gasteiger partial charge in [-0.05, 0) is 38.7 Å². The van der Waals surface area contributed by atoms with E-state index in [1.165, 1.54) is 5.56 Å². The molecule has 1 amide bonds. The highest BCUT2D eigenvalue weighted by Crippen LogP contribution is 2.40. The van der Waals surface area contributed by atoms with Crippen LogP contribution >= 0.6 is 0 Å². The van der Waals surface area contributed by atoms with Crippen molar-refractivity contribution < 1.29 is 9.59 Å². The highest BCUT2D eigenvalue weighted by Gasteiger charge is 2.31. The number of benzene rings is 2. The molecule has 7 heteroatoms. The lowest BCUT2D eigenvalue weighted by Gasteiger charge is -2.25. The summed E-state index contributed by atoms with van der Waals surface area (Å²) in [7, 11) is 7.61. The summed E-state index contributed by atoms with van der Waals surface area (Å²) in [5.41, 5.74) is 4.22. The van der Waals surface area contributed by atoms with Crippen molar-refractivity contribution in [1.82, 2.24) is 10.2 Å². The second-order valence-electron chi connectivity index (χ2n) is 8.53. The zero-order valence-corrected chi connectivity index (χ0v) is 19.9. The van der Waals surface area contributed by atoms with Crippen molar-refractivity contribution in [2.75, 3.05) is 44.5 Å². The minimum atomic E-state index is -0.336. The summed E-state index contributed by atoms with van der Waals surface area (Å²) in [6.07, 6.45) is 0.0130. The number of amides is 1. The van der Waals surface area contributed by atoms with E-state index in [2.05, 4.69) is 40.6 Å². The van der Waals surface area contributed by atoms with Crippen molar-refractivity contribution >= 4 is 23.1 Å². The fourth-order valence-corrected chi connectivity index (χ4v) is 4.10. The third-order valence-corrected chi connectivity index (χ3v) is 6.01. The smallest absolute Gasteiger partial charge is 0.220 e. The number of aryl methyl sites for hydroxylation is 1. The van der Waals surface area contributed by atoms with Crippen LogP contribution in [0.5, 0.6) is 0 Å². The van der Waals surface area contributed by atoms with Gasteiger partial charge in [0.1, 0.15) is 17.5 Å². The number of carbonyl (C=O) groups is 2. The van der Waals surface area contributed by atoms with Crippen molar-refractivity contribution in [1.29, 1.82) is 5.26 Å². The summed E-state index contributed by atoms with van der Waals surface area (Å²) in [4.78, 5) is 31.1. The van der Waals surface area contributed by atoms with Crippen molar-refractivity contribution in [3.8, 4) is 6.07 Å². The maximum absolute atomic E-state index is 12.9. The van der Waals surface area contributed by atoms with Crippen LogP contribution in [0.25, 0.3) is 0 Å². The first-order valence-electron chi connectivity index (χ1n) is 11.0. The van der Waals surface area contributed by atoms with Gasteiger partial charge in [-0.25, -0.2) is 0 Å². The molecule has 7 nitrogen and oxygen atoms in total. The largest absolute Gasteiger partial charge is 0.354 e. The van der Waals surface area contributed by atoms with Gasteiger partial charge in [-0.3, -0.25) is 9.59 Å². The van der Waals surface area contributed by atoms with Gasteiger partial charge in [-0.1, -0.05) is 42.0 Å². The molecule has 2 aromatic carbocycles. The monoisotopic (exact) mass is 445 g/mol. The van der Waals surface area contributed by atoms with E-state index < -0.39 is 0 Å². The van der Waals surface area contributed by atoms with Crippen LogP contribution < -0.4 is 15.1 Å². The molecular weight excluding hydrogens is 414 g/mol. The second-order valence-corrected chi connectivity index (χ2v) is 8.53. The third kappa shape index (κ3) is 5.24. The molecule has 1 unspecified atom stereocenters. The first-order chi connectivity index (χ1) is 15.7. The molecule has 0 bridgehead atoms. The van der Waals surface area contributed by atoms with Crippen molar-refractivity contribution in [2.45, 2.75) is 25.8 Å². The van der Waals surface area contributed by atoms with Crippen LogP contribution in [0, 0.1) is 18.3 Å². The van der Waals surface area contributed by atoms with Crippen LogP contribution in [-0.2, 0) is 9.59 Å². The van der Waals surface area contributed by atoms with Crippen LogP contribution in [-0.4, -0.2) is 51.3 Å². The number of anilines is 2. The van der Waals surface area contributed by atoms with E-state index in [1.54, 1.807) is 0 Å². The average Bonchev–Trinajstić information content (AvgIpc) is 3.05. The fourth-order valence-electron chi connectivity index (χ4n) is 4.10. The number of hydrogen-bond acceptors (Lipinski definition) is 6. The van der Waals surface area contributed by atoms with Gasteiger partial charge in [0, 0.05) is 33.5 Å². The first-order valence-corrected chi connectivity index (χ1v) is 11.0. The van der Waals surface area contributed by atoms with Crippen molar-refractivity contribution in [3.05, 3.63) is 71.1 Å². The van der Waals surface area contributed by atoms with E-state index in [-0.39, 0.29) is 36.1 Å². The number of fused-ring (bicyclic) bond motifs is 1.